The summed E-state index contributed by atoms with van der Waals surface area (Å²) < 4.78 is 0. The number of carboxylic acid groups (broad SMARTS) is 1. The third kappa shape index (κ3) is 6.31. The van der Waals surface area contributed by atoms with E-state index >= 15 is 0 Å². The average Bonchev–Trinajstić information content (AvgIpc) is 2.42. The zero-order valence-electron chi connectivity index (χ0n) is 10.7. The van der Waals surface area contributed by atoms with Crippen molar-refractivity contribution >= 4 is 29.3 Å². The summed E-state index contributed by atoms with van der Waals surface area (Å²) in [6.45, 7) is -0.104. The van der Waals surface area contributed by atoms with Gasteiger partial charge in [0, 0.05) is 23.6 Å². The van der Waals surface area contributed by atoms with Gasteiger partial charge in [0.15, 0.2) is 5.78 Å². The molecule has 0 heterocycles. The number of nitrogens with one attached hydrogen (secondary N) is 2. The van der Waals surface area contributed by atoms with Crippen molar-refractivity contribution in [2.45, 2.75) is 6.42 Å². The lowest BCUT2D eigenvalue weighted by atomic mass is 10.1. The van der Waals surface area contributed by atoms with Crippen LogP contribution in [0.2, 0.25) is 5.02 Å². The molecule has 0 atom stereocenters. The Kier molecular flexibility index (Phi) is 6.69. The predicted molar refractivity (Wildman–Crippen MR) is 73.9 cm³/mol. The van der Waals surface area contributed by atoms with Gasteiger partial charge in [-0.1, -0.05) is 11.6 Å². The zero-order chi connectivity index (χ0) is 15.0. The van der Waals surface area contributed by atoms with Crippen molar-refractivity contribution in [1.82, 2.24) is 10.6 Å². The molecule has 0 aliphatic heterocycles. The Morgan fingerprint density at radius 1 is 1.10 bits per heavy atom. The van der Waals surface area contributed by atoms with Crippen molar-refractivity contribution in [2.75, 3.05) is 19.6 Å². The Balaban J connectivity index is 2.20. The molecule has 3 N–H and O–H groups in total. The molecule has 0 saturated heterocycles. The second-order valence-corrected chi connectivity index (χ2v) is 4.46. The molecule has 0 bridgehead atoms. The minimum absolute atomic E-state index is 0.0266. The first kappa shape index (κ1) is 16.1. The fourth-order valence-electron chi connectivity index (χ4n) is 1.42. The van der Waals surface area contributed by atoms with Crippen LogP contribution in [0.1, 0.15) is 16.8 Å². The molecule has 0 fully saturated rings. The van der Waals surface area contributed by atoms with Crippen molar-refractivity contribution in [3.63, 3.8) is 0 Å². The monoisotopic (exact) mass is 298 g/mol. The van der Waals surface area contributed by atoms with E-state index < -0.39 is 18.4 Å². The lowest BCUT2D eigenvalue weighted by Crippen LogP contribution is -2.37. The topological polar surface area (TPSA) is 95.5 Å². The summed E-state index contributed by atoms with van der Waals surface area (Å²) >= 11 is 5.72. The first-order chi connectivity index (χ1) is 9.49. The van der Waals surface area contributed by atoms with Crippen LogP contribution in [0.4, 0.5) is 0 Å². The quantitative estimate of drug-likeness (QED) is 0.485. The van der Waals surface area contributed by atoms with E-state index in [1.165, 1.54) is 0 Å². The third-order valence-electron chi connectivity index (χ3n) is 2.42. The summed E-state index contributed by atoms with van der Waals surface area (Å²) in [5.74, 6) is -1.58. The Bertz CT molecular complexity index is 488. The molecule has 0 unspecified atom stereocenters. The molecule has 1 aromatic carbocycles. The van der Waals surface area contributed by atoms with E-state index in [1.807, 2.05) is 0 Å². The number of aliphatic carboxylic acids is 1. The molecule has 1 amide bonds. The third-order valence-corrected chi connectivity index (χ3v) is 2.67. The number of benzene rings is 1. The van der Waals surface area contributed by atoms with Crippen LogP contribution in [-0.4, -0.2) is 42.4 Å². The number of hydrogen-bond acceptors (Lipinski definition) is 4. The van der Waals surface area contributed by atoms with Crippen molar-refractivity contribution in [1.29, 1.82) is 0 Å². The van der Waals surface area contributed by atoms with E-state index in [9.17, 15) is 14.4 Å². The lowest BCUT2D eigenvalue weighted by Gasteiger charge is -2.05. The van der Waals surface area contributed by atoms with E-state index in [2.05, 4.69) is 10.6 Å². The minimum Gasteiger partial charge on any atom is -0.480 e. The van der Waals surface area contributed by atoms with Crippen molar-refractivity contribution in [3.05, 3.63) is 34.9 Å². The van der Waals surface area contributed by atoms with Crippen molar-refractivity contribution in [3.8, 4) is 0 Å². The standard InChI is InChI=1S/C13H15ClN2O4/c14-10-3-1-9(2-4-10)11(17)5-6-15-7-12(18)16-8-13(19)20/h1-4,15H,5-8H2,(H,16,18)(H,19,20). The van der Waals surface area contributed by atoms with E-state index in [4.69, 9.17) is 16.7 Å². The molecule has 0 saturated carbocycles. The summed E-state index contributed by atoms with van der Waals surface area (Å²) in [7, 11) is 0. The van der Waals surface area contributed by atoms with E-state index in [1.54, 1.807) is 24.3 Å². The highest BCUT2D eigenvalue weighted by Gasteiger charge is 2.06. The van der Waals surface area contributed by atoms with Gasteiger partial charge in [0.2, 0.25) is 5.91 Å². The second kappa shape index (κ2) is 8.29. The molecular weight excluding hydrogens is 284 g/mol. The normalized spacial score (nSPS) is 10.1. The molecule has 0 radical (unpaired) electrons. The van der Waals surface area contributed by atoms with Crippen LogP contribution in [0.5, 0.6) is 0 Å². The summed E-state index contributed by atoms with van der Waals surface area (Å²) in [4.78, 5) is 33.1. The molecule has 20 heavy (non-hydrogen) atoms. The van der Waals surface area contributed by atoms with Crippen molar-refractivity contribution in [2.24, 2.45) is 0 Å². The predicted octanol–water partition coefficient (Wildman–Crippen LogP) is 0.703. The number of hydrogen-bond donors (Lipinski definition) is 3. The van der Waals surface area contributed by atoms with Crippen LogP contribution in [0.25, 0.3) is 0 Å². The molecule has 7 heteroatoms. The highest BCUT2D eigenvalue weighted by molar-refractivity contribution is 6.30. The van der Waals surface area contributed by atoms with Gasteiger partial charge >= 0.3 is 5.97 Å². The van der Waals surface area contributed by atoms with Gasteiger partial charge < -0.3 is 15.7 Å². The highest BCUT2D eigenvalue weighted by atomic mass is 35.5. The van der Waals surface area contributed by atoms with Gasteiger partial charge in [0.05, 0.1) is 6.54 Å². The van der Waals surface area contributed by atoms with Gasteiger partial charge in [-0.05, 0) is 24.3 Å². The molecule has 1 rings (SSSR count). The summed E-state index contributed by atoms with van der Waals surface area (Å²) in [5, 5.41) is 13.9. The zero-order valence-corrected chi connectivity index (χ0v) is 11.4. The maximum atomic E-state index is 11.8. The highest BCUT2D eigenvalue weighted by Crippen LogP contribution is 2.10. The number of rotatable bonds is 8. The largest absolute Gasteiger partial charge is 0.480 e. The smallest absolute Gasteiger partial charge is 0.322 e. The van der Waals surface area contributed by atoms with Crippen LogP contribution in [0.15, 0.2) is 24.3 Å². The number of ketones is 1. The summed E-state index contributed by atoms with van der Waals surface area (Å²) in [6, 6.07) is 6.57. The maximum Gasteiger partial charge on any atom is 0.322 e. The number of amides is 1. The van der Waals surface area contributed by atoms with Crippen LogP contribution in [0.3, 0.4) is 0 Å². The fraction of sp³-hybridized carbons (Fsp3) is 0.308. The Morgan fingerprint density at radius 2 is 1.75 bits per heavy atom. The number of halogens is 1. The molecule has 0 aromatic heterocycles. The van der Waals surface area contributed by atoms with E-state index in [0.717, 1.165) is 0 Å². The van der Waals surface area contributed by atoms with E-state index in [0.29, 0.717) is 17.1 Å². The number of carbonyl (C=O) groups excluding carboxylic acids is 2. The number of carboxylic acids is 1. The minimum atomic E-state index is -1.10. The molecule has 108 valence electrons. The first-order valence-electron chi connectivity index (χ1n) is 5.97. The lowest BCUT2D eigenvalue weighted by molar-refractivity contribution is -0.137. The number of carbonyl (C=O) groups is 3. The van der Waals surface area contributed by atoms with Crippen LogP contribution in [-0.2, 0) is 9.59 Å². The molecule has 0 aliphatic rings. The molecule has 1 aromatic rings. The van der Waals surface area contributed by atoms with Crippen LogP contribution in [0, 0.1) is 0 Å². The fourth-order valence-corrected chi connectivity index (χ4v) is 1.55. The van der Waals surface area contributed by atoms with Crippen LogP contribution >= 0.6 is 11.6 Å². The maximum absolute atomic E-state index is 11.8. The molecule has 0 spiro atoms. The number of Topliss-reactive ketones (excluding diaryl/α,β-unsaturated/α-hetero) is 1. The van der Waals surface area contributed by atoms with Gasteiger partial charge in [-0.15, -0.1) is 0 Å². The van der Waals surface area contributed by atoms with Gasteiger partial charge in [0.25, 0.3) is 0 Å². The van der Waals surface area contributed by atoms with Gasteiger partial charge in [0.1, 0.15) is 6.54 Å². The first-order valence-corrected chi connectivity index (χ1v) is 6.35. The molecule has 0 aliphatic carbocycles. The molecular formula is C13H15ClN2O4. The van der Waals surface area contributed by atoms with Crippen molar-refractivity contribution < 1.29 is 19.5 Å². The SMILES string of the molecule is O=C(O)CNC(=O)CNCCC(=O)c1ccc(Cl)cc1. The summed E-state index contributed by atoms with van der Waals surface area (Å²) in [6.07, 6.45) is 0.244. The second-order valence-electron chi connectivity index (χ2n) is 4.03. The Labute approximate surface area is 121 Å². The average molecular weight is 299 g/mol. The van der Waals surface area contributed by atoms with Crippen LogP contribution < -0.4 is 10.6 Å². The Hall–Kier alpha value is -1.92. The van der Waals surface area contributed by atoms with Gasteiger partial charge in [-0.3, -0.25) is 14.4 Å². The molecule has 6 nitrogen and oxygen atoms in total. The van der Waals surface area contributed by atoms with Gasteiger partial charge in [-0.25, -0.2) is 0 Å². The van der Waals surface area contributed by atoms with Gasteiger partial charge in [-0.2, -0.15) is 0 Å². The van der Waals surface area contributed by atoms with E-state index in [-0.39, 0.29) is 18.7 Å². The Morgan fingerprint density at radius 3 is 2.35 bits per heavy atom. The summed E-state index contributed by atoms with van der Waals surface area (Å²) in [5.41, 5.74) is 0.562.